The fraction of sp³-hybridized carbons (Fsp3) is 0.100. The third kappa shape index (κ3) is 1.72. The third-order valence-electron chi connectivity index (χ3n) is 2.00. The van der Waals surface area contributed by atoms with Crippen molar-refractivity contribution in [3.63, 3.8) is 0 Å². The van der Waals surface area contributed by atoms with E-state index >= 15 is 0 Å². The van der Waals surface area contributed by atoms with Crippen molar-refractivity contribution in [2.24, 2.45) is 0 Å². The SMILES string of the molecule is O=Cc1cc(CBr)c2cc(Cl)sc2c1. The minimum Gasteiger partial charge on any atom is -0.298 e. The van der Waals surface area contributed by atoms with Crippen LogP contribution in [-0.4, -0.2) is 6.29 Å². The van der Waals surface area contributed by atoms with Gasteiger partial charge < -0.3 is 0 Å². The van der Waals surface area contributed by atoms with E-state index < -0.39 is 0 Å². The number of thiophene rings is 1. The molecule has 0 aliphatic rings. The number of carbonyl (C=O) groups excluding carboxylic acids is 1. The van der Waals surface area contributed by atoms with Crippen molar-refractivity contribution in [2.45, 2.75) is 5.33 Å². The normalized spacial score (nSPS) is 10.7. The zero-order valence-electron chi connectivity index (χ0n) is 7.09. The number of rotatable bonds is 2. The van der Waals surface area contributed by atoms with Crippen molar-refractivity contribution in [1.29, 1.82) is 0 Å². The van der Waals surface area contributed by atoms with Gasteiger partial charge in [-0.3, -0.25) is 4.79 Å². The van der Waals surface area contributed by atoms with Crippen molar-refractivity contribution in [2.75, 3.05) is 0 Å². The van der Waals surface area contributed by atoms with Gasteiger partial charge in [0, 0.05) is 15.6 Å². The molecule has 0 radical (unpaired) electrons. The highest BCUT2D eigenvalue weighted by Gasteiger charge is 2.06. The Kier molecular flexibility index (Phi) is 2.91. The number of hydrogen-bond donors (Lipinski definition) is 0. The van der Waals surface area contributed by atoms with Crippen LogP contribution in [0.5, 0.6) is 0 Å². The van der Waals surface area contributed by atoms with Gasteiger partial charge in [0.2, 0.25) is 0 Å². The van der Waals surface area contributed by atoms with Crippen molar-refractivity contribution in [3.8, 4) is 0 Å². The smallest absolute Gasteiger partial charge is 0.150 e. The molecule has 0 spiro atoms. The molecule has 4 heteroatoms. The molecule has 1 heterocycles. The highest BCUT2D eigenvalue weighted by Crippen LogP contribution is 2.33. The molecule has 0 bridgehead atoms. The standard InChI is InChI=1S/C10H6BrClOS/c11-4-7-1-6(5-13)2-9-8(7)3-10(12)14-9/h1-3,5H,4H2. The van der Waals surface area contributed by atoms with E-state index in [1.807, 2.05) is 18.2 Å². The Hall–Kier alpha value is -0.380. The lowest BCUT2D eigenvalue weighted by atomic mass is 10.1. The highest BCUT2D eigenvalue weighted by molar-refractivity contribution is 9.08. The maximum Gasteiger partial charge on any atom is 0.150 e. The fourth-order valence-electron chi connectivity index (χ4n) is 1.38. The van der Waals surface area contributed by atoms with Crippen molar-refractivity contribution >= 4 is 55.2 Å². The van der Waals surface area contributed by atoms with Crippen molar-refractivity contribution in [3.05, 3.63) is 33.7 Å². The van der Waals surface area contributed by atoms with Crippen LogP contribution in [0.1, 0.15) is 15.9 Å². The Morgan fingerprint density at radius 1 is 1.43 bits per heavy atom. The summed E-state index contributed by atoms with van der Waals surface area (Å²) in [4.78, 5) is 10.7. The molecule has 0 fully saturated rings. The lowest BCUT2D eigenvalue weighted by molar-refractivity contribution is 0.112. The predicted molar refractivity (Wildman–Crippen MR) is 64.9 cm³/mol. The molecule has 0 amide bonds. The lowest BCUT2D eigenvalue weighted by Gasteiger charge is -1.99. The van der Waals surface area contributed by atoms with Crippen LogP contribution in [0.2, 0.25) is 4.34 Å². The van der Waals surface area contributed by atoms with Gasteiger partial charge in [-0.25, -0.2) is 0 Å². The molecule has 1 aromatic carbocycles. The average Bonchev–Trinajstić information content (AvgIpc) is 2.56. The zero-order chi connectivity index (χ0) is 10.1. The van der Waals surface area contributed by atoms with Crippen LogP contribution in [-0.2, 0) is 5.33 Å². The Morgan fingerprint density at radius 3 is 2.86 bits per heavy atom. The molecule has 72 valence electrons. The summed E-state index contributed by atoms with van der Waals surface area (Å²) in [6.07, 6.45) is 0.860. The number of hydrogen-bond acceptors (Lipinski definition) is 2. The van der Waals surface area contributed by atoms with Gasteiger partial charge in [0.15, 0.2) is 0 Å². The van der Waals surface area contributed by atoms with E-state index in [1.54, 1.807) is 0 Å². The quantitative estimate of drug-likeness (QED) is 0.596. The summed E-state index contributed by atoms with van der Waals surface area (Å²) in [5.74, 6) is 0. The van der Waals surface area contributed by atoms with Crippen LogP contribution in [0.15, 0.2) is 18.2 Å². The number of benzene rings is 1. The lowest BCUT2D eigenvalue weighted by Crippen LogP contribution is -1.84. The minimum absolute atomic E-state index is 0.700. The summed E-state index contributed by atoms with van der Waals surface area (Å²) in [5, 5.41) is 1.86. The van der Waals surface area contributed by atoms with Crippen LogP contribution < -0.4 is 0 Å². The molecule has 0 unspecified atom stereocenters. The molecular formula is C10H6BrClOS. The molecule has 0 N–H and O–H groups in total. The maximum absolute atomic E-state index is 10.7. The van der Waals surface area contributed by atoms with Gasteiger partial charge in [-0.2, -0.15) is 0 Å². The van der Waals surface area contributed by atoms with E-state index in [0.29, 0.717) is 5.56 Å². The van der Waals surface area contributed by atoms with Crippen LogP contribution in [0.4, 0.5) is 0 Å². The summed E-state index contributed by atoms with van der Waals surface area (Å²) >= 11 is 10.8. The third-order valence-corrected chi connectivity index (χ3v) is 3.81. The topological polar surface area (TPSA) is 17.1 Å². The van der Waals surface area contributed by atoms with Gasteiger partial charge in [0.05, 0.1) is 4.34 Å². The molecular weight excluding hydrogens is 284 g/mol. The number of aldehydes is 1. The Balaban J connectivity index is 2.78. The second-order valence-corrected chi connectivity index (χ2v) is 5.17. The van der Waals surface area contributed by atoms with E-state index in [9.17, 15) is 4.79 Å². The molecule has 2 aromatic rings. The van der Waals surface area contributed by atoms with Gasteiger partial charge >= 0.3 is 0 Å². The predicted octanol–water partition coefficient (Wildman–Crippen LogP) is 4.26. The summed E-state index contributed by atoms with van der Waals surface area (Å²) in [6, 6.07) is 5.69. The van der Waals surface area contributed by atoms with E-state index in [4.69, 9.17) is 11.6 Å². The second kappa shape index (κ2) is 4.01. The van der Waals surface area contributed by atoms with E-state index in [2.05, 4.69) is 15.9 Å². The van der Waals surface area contributed by atoms with Crippen molar-refractivity contribution in [1.82, 2.24) is 0 Å². The fourth-order valence-corrected chi connectivity index (χ4v) is 3.09. The van der Waals surface area contributed by atoms with Gasteiger partial charge in [-0.15, -0.1) is 11.3 Å². The average molecular weight is 290 g/mol. The largest absolute Gasteiger partial charge is 0.298 e. The summed E-state index contributed by atoms with van der Waals surface area (Å²) in [6.45, 7) is 0. The van der Waals surface area contributed by atoms with E-state index in [1.165, 1.54) is 11.3 Å². The molecule has 0 aliphatic heterocycles. The van der Waals surface area contributed by atoms with Crippen LogP contribution in [0.25, 0.3) is 10.1 Å². The molecule has 2 rings (SSSR count). The number of carbonyl (C=O) groups is 1. The minimum atomic E-state index is 0.700. The van der Waals surface area contributed by atoms with Crippen molar-refractivity contribution < 1.29 is 4.79 Å². The summed E-state index contributed by atoms with van der Waals surface area (Å²) in [7, 11) is 0. The molecule has 1 aromatic heterocycles. The Labute approximate surface area is 98.8 Å². The number of halogens is 2. The number of fused-ring (bicyclic) bond motifs is 1. The molecule has 0 saturated carbocycles. The monoisotopic (exact) mass is 288 g/mol. The van der Waals surface area contributed by atoms with Crippen LogP contribution in [0, 0.1) is 0 Å². The Morgan fingerprint density at radius 2 is 2.21 bits per heavy atom. The summed E-state index contributed by atoms with van der Waals surface area (Å²) < 4.78 is 1.82. The maximum atomic E-state index is 10.7. The molecule has 0 saturated heterocycles. The van der Waals surface area contributed by atoms with E-state index in [-0.39, 0.29) is 0 Å². The second-order valence-electron chi connectivity index (χ2n) is 2.89. The first-order valence-corrected chi connectivity index (χ1v) is 6.29. The first-order chi connectivity index (χ1) is 6.74. The van der Waals surface area contributed by atoms with Crippen LogP contribution in [0.3, 0.4) is 0 Å². The van der Waals surface area contributed by atoms with Gasteiger partial charge in [0.1, 0.15) is 6.29 Å². The van der Waals surface area contributed by atoms with Gasteiger partial charge in [-0.05, 0) is 29.1 Å². The molecule has 0 aliphatic carbocycles. The van der Waals surface area contributed by atoms with Crippen LogP contribution >= 0.6 is 38.9 Å². The Bertz CT molecular complexity index is 492. The summed E-state index contributed by atoms with van der Waals surface area (Å²) in [5.41, 5.74) is 1.80. The van der Waals surface area contributed by atoms with Gasteiger partial charge in [0.25, 0.3) is 0 Å². The molecule has 14 heavy (non-hydrogen) atoms. The van der Waals surface area contributed by atoms with E-state index in [0.717, 1.165) is 31.6 Å². The van der Waals surface area contributed by atoms with Gasteiger partial charge in [-0.1, -0.05) is 27.5 Å². The number of alkyl halides is 1. The zero-order valence-corrected chi connectivity index (χ0v) is 10.2. The molecule has 1 nitrogen and oxygen atoms in total. The molecule has 0 atom stereocenters. The highest BCUT2D eigenvalue weighted by atomic mass is 79.9. The first-order valence-electron chi connectivity index (χ1n) is 3.97. The first kappa shape index (κ1) is 10.1.